The van der Waals surface area contributed by atoms with Crippen LogP contribution in [0, 0.1) is 0 Å². The van der Waals surface area contributed by atoms with Crippen molar-refractivity contribution in [3.63, 3.8) is 0 Å². The van der Waals surface area contributed by atoms with E-state index in [-0.39, 0.29) is 6.04 Å². The van der Waals surface area contributed by atoms with Crippen LogP contribution in [0.4, 0.5) is 5.82 Å². The average Bonchev–Trinajstić information content (AvgIpc) is 3.50. The molecule has 10 heteroatoms. The lowest BCUT2D eigenvalue weighted by Gasteiger charge is -2.33. The predicted molar refractivity (Wildman–Crippen MR) is 137 cm³/mol. The number of piperidine rings is 1. The van der Waals surface area contributed by atoms with Crippen LogP contribution in [-0.4, -0.2) is 52.9 Å². The van der Waals surface area contributed by atoms with Gasteiger partial charge in [0.25, 0.3) is 0 Å². The summed E-state index contributed by atoms with van der Waals surface area (Å²) in [5.74, 6) is 2.54. The molecule has 0 aromatic carbocycles. The summed E-state index contributed by atoms with van der Waals surface area (Å²) in [7, 11) is 0. The van der Waals surface area contributed by atoms with Gasteiger partial charge in [0, 0.05) is 43.1 Å². The standard InChI is InChI=1S/C26H31N9O/c1-14(2)34-9-7-16(8-10-34)18-11-28-25(29-12-18)19-22(33-36-23(19)17-5-6-17)21-20-24(27)30-13-31-26(20)35(32-21)15(3)4/h11-13,15-17H,1,5-10H2,2-4H3,(H2,27,30,31). The van der Waals surface area contributed by atoms with Gasteiger partial charge in [-0.05, 0) is 57.9 Å². The van der Waals surface area contributed by atoms with Crippen molar-refractivity contribution in [3.05, 3.63) is 42.3 Å². The maximum absolute atomic E-state index is 6.30. The van der Waals surface area contributed by atoms with Gasteiger partial charge in [0.1, 0.15) is 23.5 Å². The van der Waals surface area contributed by atoms with Gasteiger partial charge in [-0.1, -0.05) is 11.7 Å². The number of nitrogens with two attached hydrogens (primary N) is 1. The number of aromatic nitrogens is 7. The smallest absolute Gasteiger partial charge is 0.165 e. The molecule has 4 aromatic rings. The molecule has 2 aliphatic rings. The molecule has 10 nitrogen and oxygen atoms in total. The van der Waals surface area contributed by atoms with Crippen molar-refractivity contribution in [2.24, 2.45) is 0 Å². The van der Waals surface area contributed by atoms with Crippen LogP contribution in [0.5, 0.6) is 0 Å². The molecule has 0 spiro atoms. The number of nitrogen functional groups attached to an aromatic ring is 1. The molecule has 186 valence electrons. The summed E-state index contributed by atoms with van der Waals surface area (Å²) in [5.41, 5.74) is 11.3. The van der Waals surface area contributed by atoms with Gasteiger partial charge in [-0.15, -0.1) is 0 Å². The molecule has 2 N–H and O–H groups in total. The second-order valence-corrected chi connectivity index (χ2v) is 10.2. The fraction of sp³-hybridized carbons (Fsp3) is 0.462. The van der Waals surface area contributed by atoms with Crippen LogP contribution in [0.25, 0.3) is 33.8 Å². The lowest BCUT2D eigenvalue weighted by molar-refractivity contribution is 0.264. The molecule has 0 radical (unpaired) electrons. The molecule has 4 aromatic heterocycles. The summed E-state index contributed by atoms with van der Waals surface area (Å²) < 4.78 is 7.74. The lowest BCUT2D eigenvalue weighted by Crippen LogP contribution is -2.31. The zero-order chi connectivity index (χ0) is 25.0. The second kappa shape index (κ2) is 8.69. The van der Waals surface area contributed by atoms with Crippen LogP contribution in [-0.2, 0) is 0 Å². The van der Waals surface area contributed by atoms with E-state index < -0.39 is 0 Å². The number of anilines is 1. The Morgan fingerprint density at radius 1 is 1.03 bits per heavy atom. The summed E-state index contributed by atoms with van der Waals surface area (Å²) in [6, 6.07) is 0.0839. The Kier molecular flexibility index (Phi) is 5.46. The van der Waals surface area contributed by atoms with Gasteiger partial charge in [0.2, 0.25) is 0 Å². The third-order valence-electron chi connectivity index (χ3n) is 7.30. The van der Waals surface area contributed by atoms with Crippen molar-refractivity contribution in [2.75, 3.05) is 18.8 Å². The van der Waals surface area contributed by atoms with E-state index in [9.17, 15) is 0 Å². The number of likely N-dealkylation sites (tertiary alicyclic amines) is 1. The van der Waals surface area contributed by atoms with E-state index in [0.717, 1.165) is 55.8 Å². The number of hydrogen-bond acceptors (Lipinski definition) is 9. The number of fused-ring (bicyclic) bond motifs is 1. The Bertz CT molecular complexity index is 1420. The van der Waals surface area contributed by atoms with Gasteiger partial charge in [0.15, 0.2) is 17.2 Å². The van der Waals surface area contributed by atoms with Crippen molar-refractivity contribution in [3.8, 4) is 22.8 Å². The van der Waals surface area contributed by atoms with Crippen LogP contribution in [0.3, 0.4) is 0 Å². The first-order valence-corrected chi connectivity index (χ1v) is 12.6. The van der Waals surface area contributed by atoms with Crippen molar-refractivity contribution in [2.45, 2.75) is 64.3 Å². The minimum Gasteiger partial charge on any atom is -0.383 e. The van der Waals surface area contributed by atoms with Gasteiger partial charge in [-0.25, -0.2) is 24.6 Å². The Balaban J connectivity index is 1.41. The van der Waals surface area contributed by atoms with Crippen molar-refractivity contribution in [1.29, 1.82) is 0 Å². The first kappa shape index (κ1) is 22.6. The first-order chi connectivity index (χ1) is 17.4. The Labute approximate surface area is 209 Å². The molecule has 1 aliphatic carbocycles. The Morgan fingerprint density at radius 2 is 1.75 bits per heavy atom. The molecule has 0 atom stereocenters. The SMILES string of the molecule is C=C(C)N1CCC(c2cnc(-c3c(-c4nn(C(C)C)c5ncnc(N)c45)noc3C3CC3)nc2)CC1. The van der Waals surface area contributed by atoms with Gasteiger partial charge < -0.3 is 15.2 Å². The minimum absolute atomic E-state index is 0.0839. The molecular weight excluding hydrogens is 454 g/mol. The zero-order valence-electron chi connectivity index (χ0n) is 21.0. The zero-order valence-corrected chi connectivity index (χ0v) is 21.0. The highest BCUT2D eigenvalue weighted by atomic mass is 16.5. The molecule has 36 heavy (non-hydrogen) atoms. The van der Waals surface area contributed by atoms with E-state index in [4.69, 9.17) is 25.3 Å². The Morgan fingerprint density at radius 3 is 2.39 bits per heavy atom. The molecule has 0 amide bonds. The third-order valence-corrected chi connectivity index (χ3v) is 7.30. The van der Waals surface area contributed by atoms with Crippen LogP contribution in [0.2, 0.25) is 0 Å². The molecule has 5 heterocycles. The van der Waals surface area contributed by atoms with Gasteiger partial charge >= 0.3 is 0 Å². The van der Waals surface area contributed by atoms with Crippen LogP contribution < -0.4 is 5.73 Å². The summed E-state index contributed by atoms with van der Waals surface area (Å²) in [4.78, 5) is 20.6. The van der Waals surface area contributed by atoms with E-state index in [1.165, 1.54) is 11.9 Å². The highest BCUT2D eigenvalue weighted by Crippen LogP contribution is 2.48. The minimum atomic E-state index is 0.0839. The lowest BCUT2D eigenvalue weighted by atomic mass is 9.91. The third kappa shape index (κ3) is 3.81. The predicted octanol–water partition coefficient (Wildman–Crippen LogP) is 4.69. The quantitative estimate of drug-likeness (QED) is 0.414. The molecule has 2 fully saturated rings. The maximum Gasteiger partial charge on any atom is 0.165 e. The Hall–Kier alpha value is -3.82. The van der Waals surface area contributed by atoms with Crippen molar-refractivity contribution in [1.82, 2.24) is 39.8 Å². The molecule has 0 unspecified atom stereocenters. The normalized spacial score (nSPS) is 16.8. The fourth-order valence-corrected chi connectivity index (χ4v) is 5.10. The van der Waals surface area contributed by atoms with Crippen molar-refractivity contribution < 1.29 is 4.52 Å². The molecule has 0 bridgehead atoms. The molecule has 1 saturated carbocycles. The van der Waals surface area contributed by atoms with Crippen LogP contribution >= 0.6 is 0 Å². The highest BCUT2D eigenvalue weighted by Gasteiger charge is 2.36. The fourth-order valence-electron chi connectivity index (χ4n) is 5.10. The first-order valence-electron chi connectivity index (χ1n) is 12.6. The molecule has 1 aliphatic heterocycles. The molecular formula is C26H31N9O. The highest BCUT2D eigenvalue weighted by molar-refractivity contribution is 6.00. The summed E-state index contributed by atoms with van der Waals surface area (Å²) in [6.45, 7) is 12.3. The van der Waals surface area contributed by atoms with Crippen LogP contribution in [0.1, 0.15) is 75.7 Å². The van der Waals surface area contributed by atoms with E-state index in [2.05, 4.69) is 47.4 Å². The van der Waals surface area contributed by atoms with E-state index in [1.54, 1.807) is 0 Å². The van der Waals surface area contributed by atoms with Gasteiger partial charge in [-0.2, -0.15) is 5.10 Å². The summed E-state index contributed by atoms with van der Waals surface area (Å²) >= 11 is 0. The maximum atomic E-state index is 6.30. The summed E-state index contributed by atoms with van der Waals surface area (Å²) in [5, 5.41) is 10.00. The van der Waals surface area contributed by atoms with E-state index >= 15 is 0 Å². The van der Waals surface area contributed by atoms with Gasteiger partial charge in [0.05, 0.1) is 10.9 Å². The van der Waals surface area contributed by atoms with Gasteiger partial charge in [-0.3, -0.25) is 0 Å². The number of nitrogens with zero attached hydrogens (tertiary/aromatic N) is 8. The second-order valence-electron chi connectivity index (χ2n) is 10.2. The van der Waals surface area contributed by atoms with Crippen LogP contribution in [0.15, 0.2) is 35.5 Å². The molecule has 1 saturated heterocycles. The number of hydrogen-bond donors (Lipinski definition) is 1. The number of allylic oxidation sites excluding steroid dienone is 1. The number of rotatable bonds is 6. The van der Waals surface area contributed by atoms with Crippen molar-refractivity contribution >= 4 is 16.9 Å². The summed E-state index contributed by atoms with van der Waals surface area (Å²) in [6.07, 6.45) is 9.64. The monoisotopic (exact) mass is 485 g/mol. The largest absolute Gasteiger partial charge is 0.383 e. The van der Waals surface area contributed by atoms with E-state index in [0.29, 0.717) is 45.9 Å². The topological polar surface area (TPSA) is 125 Å². The molecule has 6 rings (SSSR count). The average molecular weight is 486 g/mol. The van der Waals surface area contributed by atoms with E-state index in [1.807, 2.05) is 17.1 Å².